The van der Waals surface area contributed by atoms with E-state index in [2.05, 4.69) is 134 Å². The fraction of sp³-hybridized carbons (Fsp3) is 0.417. The zero-order chi connectivity index (χ0) is 27.5. The van der Waals surface area contributed by atoms with Crippen molar-refractivity contribution >= 4 is 11.4 Å². The number of fused-ring (bicyclic) bond motifs is 1. The number of unbranched alkanes of at least 4 members (excludes halogenated alkanes) is 2. The molecule has 0 spiro atoms. The van der Waals surface area contributed by atoms with Crippen LogP contribution in [0.15, 0.2) is 97.2 Å². The lowest BCUT2D eigenvalue weighted by Crippen LogP contribution is -2.40. The lowest BCUT2D eigenvalue weighted by Gasteiger charge is -2.29. The molecule has 0 bridgehead atoms. The number of ether oxygens (including phenoxy) is 1. The first-order valence-corrected chi connectivity index (χ1v) is 14.9. The lowest BCUT2D eigenvalue weighted by atomic mass is 9.69. The van der Waals surface area contributed by atoms with Crippen LogP contribution in [-0.2, 0) is 23.0 Å². The van der Waals surface area contributed by atoms with Gasteiger partial charge in [-0.3, -0.25) is 0 Å². The summed E-state index contributed by atoms with van der Waals surface area (Å²) in [5.74, 6) is 0. The van der Waals surface area contributed by atoms with Crippen molar-refractivity contribution in [2.24, 2.45) is 0 Å². The van der Waals surface area contributed by atoms with Crippen LogP contribution in [0.4, 0.5) is 5.69 Å². The molecular weight excluding hydrogens is 476 g/mol. The van der Waals surface area contributed by atoms with Gasteiger partial charge in [0.15, 0.2) is 5.71 Å². The van der Waals surface area contributed by atoms with Gasteiger partial charge in [-0.2, -0.15) is 4.58 Å². The summed E-state index contributed by atoms with van der Waals surface area (Å²) in [5, 5.41) is 0. The minimum absolute atomic E-state index is 0.159. The second-order valence-corrected chi connectivity index (χ2v) is 11.1. The van der Waals surface area contributed by atoms with E-state index in [1.165, 1.54) is 53.8 Å². The maximum atomic E-state index is 6.30. The lowest BCUT2D eigenvalue weighted by molar-refractivity contribution is -0.492. The van der Waals surface area contributed by atoms with Crippen molar-refractivity contribution in [3.05, 3.63) is 114 Å². The van der Waals surface area contributed by atoms with Gasteiger partial charge in [-0.05, 0) is 50.7 Å². The van der Waals surface area contributed by atoms with Crippen molar-refractivity contribution in [1.29, 1.82) is 0 Å². The highest BCUT2D eigenvalue weighted by atomic mass is 16.5. The molecular formula is C36H47N2O+. The molecule has 3 nitrogen and oxygen atoms in total. The molecule has 0 aliphatic carbocycles. The molecule has 0 N–H and O–H groups in total. The Morgan fingerprint density at radius 2 is 1.31 bits per heavy atom. The van der Waals surface area contributed by atoms with E-state index < -0.39 is 0 Å². The average molecular weight is 524 g/mol. The molecule has 0 radical (unpaired) electrons. The SMILES string of the molecule is CCCCN(/C=C/C1=[N+](COC(C)C)c2ccccc2C1(Cc1ccccc1)Cc1ccccc1)CCCC. The smallest absolute Gasteiger partial charge is 0.253 e. The van der Waals surface area contributed by atoms with E-state index in [1.54, 1.807) is 0 Å². The van der Waals surface area contributed by atoms with Crippen LogP contribution in [0, 0.1) is 0 Å². The van der Waals surface area contributed by atoms with Gasteiger partial charge in [0.05, 0.1) is 11.5 Å². The van der Waals surface area contributed by atoms with Crippen LogP contribution < -0.4 is 0 Å². The van der Waals surface area contributed by atoms with E-state index in [1.807, 2.05) is 0 Å². The van der Waals surface area contributed by atoms with Crippen LogP contribution in [0.3, 0.4) is 0 Å². The number of nitrogens with zero attached hydrogens (tertiary/aromatic N) is 2. The molecule has 0 aromatic heterocycles. The summed E-state index contributed by atoms with van der Waals surface area (Å²) in [4.78, 5) is 2.53. The predicted molar refractivity (Wildman–Crippen MR) is 165 cm³/mol. The fourth-order valence-corrected chi connectivity index (χ4v) is 5.73. The molecule has 3 heteroatoms. The van der Waals surface area contributed by atoms with Crippen molar-refractivity contribution < 1.29 is 9.31 Å². The summed E-state index contributed by atoms with van der Waals surface area (Å²) < 4.78 is 8.74. The van der Waals surface area contributed by atoms with E-state index in [0.29, 0.717) is 6.73 Å². The monoisotopic (exact) mass is 523 g/mol. The van der Waals surface area contributed by atoms with Gasteiger partial charge in [0.1, 0.15) is 0 Å². The van der Waals surface area contributed by atoms with Crippen molar-refractivity contribution in [1.82, 2.24) is 4.90 Å². The third-order valence-corrected chi connectivity index (χ3v) is 7.77. The highest BCUT2D eigenvalue weighted by Crippen LogP contribution is 2.45. The summed E-state index contributed by atoms with van der Waals surface area (Å²) in [7, 11) is 0. The number of hydrogen-bond donors (Lipinski definition) is 0. The number of hydrogen-bond acceptors (Lipinski definition) is 2. The molecule has 39 heavy (non-hydrogen) atoms. The molecule has 0 saturated heterocycles. The minimum Gasteiger partial charge on any atom is -0.377 e. The molecule has 0 fully saturated rings. The largest absolute Gasteiger partial charge is 0.377 e. The minimum atomic E-state index is -0.211. The van der Waals surface area contributed by atoms with E-state index in [-0.39, 0.29) is 11.5 Å². The van der Waals surface area contributed by atoms with E-state index >= 15 is 0 Å². The Balaban J connectivity index is 1.89. The quantitative estimate of drug-likeness (QED) is 0.186. The normalized spacial score (nSPS) is 14.4. The van der Waals surface area contributed by atoms with Crippen LogP contribution in [-0.4, -0.2) is 41.1 Å². The Morgan fingerprint density at radius 1 is 0.769 bits per heavy atom. The zero-order valence-electron chi connectivity index (χ0n) is 24.5. The standard InChI is InChI=1S/C36H47N2O/c1-5-7-24-37(25-8-6-2)26-23-35-36(27-31-17-11-9-12-18-31,28-32-19-13-10-14-20-32)33-21-15-16-22-34(33)38(35)29-39-30(3)4/h9-23,26,30H,5-8,24-25,27-29H2,1-4H3/q+1. The molecule has 0 atom stereocenters. The Kier molecular flexibility index (Phi) is 10.6. The van der Waals surface area contributed by atoms with Crippen molar-refractivity contribution in [2.75, 3.05) is 19.8 Å². The maximum Gasteiger partial charge on any atom is 0.253 e. The first-order valence-electron chi connectivity index (χ1n) is 14.9. The molecule has 0 amide bonds. The fourth-order valence-electron chi connectivity index (χ4n) is 5.73. The van der Waals surface area contributed by atoms with Crippen LogP contribution in [0.25, 0.3) is 0 Å². The van der Waals surface area contributed by atoms with Gasteiger partial charge in [0.2, 0.25) is 5.69 Å². The van der Waals surface area contributed by atoms with Gasteiger partial charge in [0.25, 0.3) is 6.73 Å². The molecule has 0 saturated carbocycles. The Hall–Kier alpha value is -3.17. The second-order valence-electron chi connectivity index (χ2n) is 11.1. The van der Waals surface area contributed by atoms with E-state index in [4.69, 9.17) is 4.74 Å². The Labute approximate surface area is 236 Å². The topological polar surface area (TPSA) is 15.5 Å². The van der Waals surface area contributed by atoms with Gasteiger partial charge in [-0.25, -0.2) is 0 Å². The van der Waals surface area contributed by atoms with Crippen LogP contribution in [0.5, 0.6) is 0 Å². The maximum absolute atomic E-state index is 6.30. The summed E-state index contributed by atoms with van der Waals surface area (Å²) in [5.41, 5.74) is 6.48. The molecule has 4 rings (SSSR count). The van der Waals surface area contributed by atoms with E-state index in [0.717, 1.165) is 25.9 Å². The third kappa shape index (κ3) is 7.28. The molecule has 1 heterocycles. The number of benzene rings is 3. The molecule has 206 valence electrons. The van der Waals surface area contributed by atoms with Crippen molar-refractivity contribution in [3.8, 4) is 0 Å². The number of para-hydroxylation sites is 1. The van der Waals surface area contributed by atoms with E-state index in [9.17, 15) is 0 Å². The zero-order valence-corrected chi connectivity index (χ0v) is 24.5. The first kappa shape index (κ1) is 28.8. The molecule has 1 aliphatic heterocycles. The molecule has 1 aliphatic rings. The highest BCUT2D eigenvalue weighted by molar-refractivity contribution is 6.04. The van der Waals surface area contributed by atoms with Gasteiger partial charge in [0, 0.05) is 37.0 Å². The first-order chi connectivity index (χ1) is 19.1. The average Bonchev–Trinajstić information content (AvgIpc) is 3.20. The number of rotatable bonds is 15. The Bertz CT molecular complexity index is 1160. The summed E-state index contributed by atoms with van der Waals surface area (Å²) in [6.45, 7) is 11.5. The highest BCUT2D eigenvalue weighted by Gasteiger charge is 2.51. The molecule has 3 aromatic carbocycles. The third-order valence-electron chi connectivity index (χ3n) is 7.77. The van der Waals surface area contributed by atoms with Crippen molar-refractivity contribution in [2.45, 2.75) is 77.7 Å². The van der Waals surface area contributed by atoms with Crippen LogP contribution in [0.1, 0.15) is 70.1 Å². The Morgan fingerprint density at radius 3 is 1.85 bits per heavy atom. The number of allylic oxidation sites excluding steroid dienone is 1. The summed E-state index contributed by atoms with van der Waals surface area (Å²) in [6.07, 6.45) is 11.7. The van der Waals surface area contributed by atoms with Crippen LogP contribution >= 0.6 is 0 Å². The second kappa shape index (κ2) is 14.3. The summed E-state index contributed by atoms with van der Waals surface area (Å²) in [6, 6.07) is 31.0. The van der Waals surface area contributed by atoms with Gasteiger partial charge < -0.3 is 9.64 Å². The van der Waals surface area contributed by atoms with Crippen molar-refractivity contribution in [3.63, 3.8) is 0 Å². The molecule has 3 aromatic rings. The summed E-state index contributed by atoms with van der Waals surface area (Å²) >= 11 is 0. The van der Waals surface area contributed by atoms with Crippen LogP contribution in [0.2, 0.25) is 0 Å². The van der Waals surface area contributed by atoms with Gasteiger partial charge in [-0.15, -0.1) is 0 Å². The molecule has 0 unspecified atom stereocenters. The van der Waals surface area contributed by atoms with Gasteiger partial charge >= 0.3 is 0 Å². The van der Waals surface area contributed by atoms with Gasteiger partial charge in [-0.1, -0.05) is 106 Å². The predicted octanol–water partition coefficient (Wildman–Crippen LogP) is 8.31.